The summed E-state index contributed by atoms with van der Waals surface area (Å²) in [5.41, 5.74) is 0.579. The lowest BCUT2D eigenvalue weighted by Gasteiger charge is -2.29. The molecule has 0 N–H and O–H groups in total. The minimum Gasteiger partial charge on any atom is -0.382 e. The Labute approximate surface area is 133 Å². The van der Waals surface area contributed by atoms with Gasteiger partial charge in [-0.1, -0.05) is 17.3 Å². The molecule has 1 amide bonds. The van der Waals surface area contributed by atoms with Crippen molar-refractivity contribution in [2.75, 3.05) is 11.4 Å². The van der Waals surface area contributed by atoms with Crippen molar-refractivity contribution in [3.05, 3.63) is 47.9 Å². The van der Waals surface area contributed by atoms with Gasteiger partial charge in [0.1, 0.15) is 5.82 Å². The maximum Gasteiger partial charge on any atom is 0.272 e. The molecule has 0 bridgehead atoms. The first kappa shape index (κ1) is 15.2. The minimum absolute atomic E-state index is 0.161. The Kier molecular flexibility index (Phi) is 4.36. The number of amides is 1. The normalized spacial score (nSPS) is 18.6. The molecular formula is C16H17FN4O2. The van der Waals surface area contributed by atoms with Gasteiger partial charge in [0.05, 0.1) is 6.21 Å². The van der Waals surface area contributed by atoms with Crippen LogP contribution in [0.15, 0.2) is 41.7 Å². The van der Waals surface area contributed by atoms with E-state index in [-0.39, 0.29) is 11.7 Å². The molecule has 0 radical (unpaired) electrons. The molecule has 2 aromatic rings. The zero-order valence-electron chi connectivity index (χ0n) is 12.7. The van der Waals surface area contributed by atoms with Gasteiger partial charge in [-0.15, -0.1) is 0 Å². The summed E-state index contributed by atoms with van der Waals surface area (Å²) in [7, 11) is 1.80. The number of halogens is 1. The van der Waals surface area contributed by atoms with E-state index in [1.165, 1.54) is 18.3 Å². The van der Waals surface area contributed by atoms with Gasteiger partial charge in [0.2, 0.25) is 6.10 Å². The molecule has 3 rings (SSSR count). The first-order valence-electron chi connectivity index (χ1n) is 7.39. The third-order valence-electron chi connectivity index (χ3n) is 3.60. The van der Waals surface area contributed by atoms with Gasteiger partial charge in [0.25, 0.3) is 5.91 Å². The van der Waals surface area contributed by atoms with Crippen molar-refractivity contribution in [3.8, 4) is 0 Å². The lowest BCUT2D eigenvalue weighted by molar-refractivity contribution is -0.132. The highest BCUT2D eigenvalue weighted by Crippen LogP contribution is 2.21. The number of aromatic nitrogens is 2. The van der Waals surface area contributed by atoms with Gasteiger partial charge in [-0.25, -0.2) is 4.39 Å². The molecule has 0 aliphatic carbocycles. The molecule has 2 heterocycles. The number of benzene rings is 1. The number of carbonyl (C=O) groups excluding carboxylic acids is 1. The summed E-state index contributed by atoms with van der Waals surface area (Å²) in [6.07, 6.45) is 3.95. The molecule has 0 spiro atoms. The predicted octanol–water partition coefficient (Wildman–Crippen LogP) is 2.11. The minimum atomic E-state index is -0.643. The molecule has 1 saturated heterocycles. The van der Waals surface area contributed by atoms with Crippen LogP contribution in [-0.2, 0) is 16.7 Å². The molecule has 1 aliphatic heterocycles. The van der Waals surface area contributed by atoms with E-state index in [4.69, 9.17) is 4.84 Å². The average molecular weight is 316 g/mol. The van der Waals surface area contributed by atoms with E-state index in [1.54, 1.807) is 41.0 Å². The van der Waals surface area contributed by atoms with Gasteiger partial charge in [-0.2, -0.15) is 5.10 Å². The summed E-state index contributed by atoms with van der Waals surface area (Å²) >= 11 is 0. The highest BCUT2D eigenvalue weighted by Gasteiger charge is 2.32. The van der Waals surface area contributed by atoms with Crippen molar-refractivity contribution in [2.24, 2.45) is 12.2 Å². The maximum atomic E-state index is 13.1. The molecule has 1 aliphatic rings. The number of nitrogens with zero attached hydrogens (tertiary/aromatic N) is 4. The summed E-state index contributed by atoms with van der Waals surface area (Å²) in [5.74, 6) is 0.107. The van der Waals surface area contributed by atoms with E-state index in [0.29, 0.717) is 24.3 Å². The smallest absolute Gasteiger partial charge is 0.272 e. The van der Waals surface area contributed by atoms with Gasteiger partial charge < -0.3 is 4.84 Å². The molecule has 1 unspecified atom stereocenters. The third-order valence-corrected chi connectivity index (χ3v) is 3.60. The van der Waals surface area contributed by atoms with Crippen LogP contribution in [0.25, 0.3) is 0 Å². The summed E-state index contributed by atoms with van der Waals surface area (Å²) in [4.78, 5) is 19.4. The number of piperidine rings is 1. The molecule has 1 fully saturated rings. The third kappa shape index (κ3) is 3.56. The van der Waals surface area contributed by atoms with Gasteiger partial charge in [-0.05, 0) is 30.5 Å². The summed E-state index contributed by atoms with van der Waals surface area (Å²) in [5, 5.41) is 8.07. The van der Waals surface area contributed by atoms with Crippen LogP contribution in [0.3, 0.4) is 0 Å². The van der Waals surface area contributed by atoms with Crippen molar-refractivity contribution >= 4 is 17.9 Å². The molecule has 0 saturated carbocycles. The van der Waals surface area contributed by atoms with Crippen LogP contribution in [-0.4, -0.2) is 34.6 Å². The van der Waals surface area contributed by atoms with E-state index in [1.807, 2.05) is 0 Å². The number of anilines is 1. The lowest BCUT2D eigenvalue weighted by atomic mass is 10.1. The topological polar surface area (TPSA) is 59.7 Å². The van der Waals surface area contributed by atoms with Crippen molar-refractivity contribution < 1.29 is 14.0 Å². The Bertz CT molecular complexity index is 728. The Morgan fingerprint density at radius 2 is 2.30 bits per heavy atom. The van der Waals surface area contributed by atoms with Crippen LogP contribution >= 0.6 is 0 Å². The second-order valence-electron chi connectivity index (χ2n) is 5.36. The monoisotopic (exact) mass is 316 g/mol. The zero-order chi connectivity index (χ0) is 16.2. The summed E-state index contributed by atoms with van der Waals surface area (Å²) in [6, 6.07) is 7.78. The van der Waals surface area contributed by atoms with Gasteiger partial charge in [-0.3, -0.25) is 14.4 Å². The highest BCUT2D eigenvalue weighted by molar-refractivity contribution is 5.96. The Hall–Kier alpha value is -2.70. The van der Waals surface area contributed by atoms with Crippen LogP contribution in [0.2, 0.25) is 0 Å². The van der Waals surface area contributed by atoms with Crippen molar-refractivity contribution in [1.82, 2.24) is 9.78 Å². The number of carbonyl (C=O) groups is 1. The number of rotatable bonds is 4. The fraction of sp³-hybridized carbons (Fsp3) is 0.312. The first-order valence-corrected chi connectivity index (χ1v) is 7.39. The van der Waals surface area contributed by atoms with Crippen LogP contribution < -0.4 is 4.90 Å². The van der Waals surface area contributed by atoms with E-state index in [9.17, 15) is 9.18 Å². The Balaban J connectivity index is 1.65. The first-order chi connectivity index (χ1) is 11.1. The van der Waals surface area contributed by atoms with Gasteiger partial charge in [0.15, 0.2) is 5.82 Å². The SMILES string of the molecule is Cn1ccc(N2CCCC(O/N=C/c3cccc(F)c3)C2=O)n1. The van der Waals surface area contributed by atoms with Crippen LogP contribution in [0.1, 0.15) is 18.4 Å². The van der Waals surface area contributed by atoms with Crippen molar-refractivity contribution in [1.29, 1.82) is 0 Å². The van der Waals surface area contributed by atoms with Crippen LogP contribution in [0.5, 0.6) is 0 Å². The van der Waals surface area contributed by atoms with Crippen molar-refractivity contribution in [3.63, 3.8) is 0 Å². The van der Waals surface area contributed by atoms with E-state index in [2.05, 4.69) is 10.3 Å². The number of hydrogen-bond donors (Lipinski definition) is 0. The van der Waals surface area contributed by atoms with E-state index >= 15 is 0 Å². The molecule has 1 atom stereocenters. The fourth-order valence-corrected chi connectivity index (χ4v) is 2.47. The maximum absolute atomic E-state index is 13.1. The standard InChI is InChI=1S/C16H17FN4O2/c1-20-9-7-15(19-20)21-8-3-6-14(16(21)22)23-18-11-12-4-2-5-13(17)10-12/h2,4-5,7,9-11,14H,3,6,8H2,1H3/b18-11+. The Morgan fingerprint density at radius 1 is 1.43 bits per heavy atom. The lowest BCUT2D eigenvalue weighted by Crippen LogP contribution is -2.45. The zero-order valence-corrected chi connectivity index (χ0v) is 12.7. The average Bonchev–Trinajstić information content (AvgIpc) is 2.95. The van der Waals surface area contributed by atoms with Gasteiger partial charge in [0, 0.05) is 25.9 Å². The number of aryl methyl sites for hydroxylation is 1. The molecule has 120 valence electrons. The summed E-state index contributed by atoms with van der Waals surface area (Å²) in [6.45, 7) is 0.614. The molecule has 1 aromatic heterocycles. The molecular weight excluding hydrogens is 299 g/mol. The molecule has 23 heavy (non-hydrogen) atoms. The Morgan fingerprint density at radius 3 is 3.04 bits per heavy atom. The number of hydrogen-bond acceptors (Lipinski definition) is 4. The second kappa shape index (κ2) is 6.60. The fourth-order valence-electron chi connectivity index (χ4n) is 2.47. The molecule has 6 nitrogen and oxygen atoms in total. The van der Waals surface area contributed by atoms with E-state index in [0.717, 1.165) is 6.42 Å². The van der Waals surface area contributed by atoms with E-state index < -0.39 is 6.10 Å². The largest absolute Gasteiger partial charge is 0.382 e. The van der Waals surface area contributed by atoms with Crippen LogP contribution in [0, 0.1) is 5.82 Å². The predicted molar refractivity (Wildman–Crippen MR) is 83.7 cm³/mol. The summed E-state index contributed by atoms with van der Waals surface area (Å²) < 4.78 is 14.7. The molecule has 1 aromatic carbocycles. The van der Waals surface area contributed by atoms with Gasteiger partial charge >= 0.3 is 0 Å². The highest BCUT2D eigenvalue weighted by atomic mass is 19.1. The van der Waals surface area contributed by atoms with Crippen LogP contribution in [0.4, 0.5) is 10.2 Å². The molecule has 7 heteroatoms. The number of oxime groups is 1. The van der Waals surface area contributed by atoms with Crippen molar-refractivity contribution in [2.45, 2.75) is 18.9 Å². The quantitative estimate of drug-likeness (QED) is 0.641. The second-order valence-corrected chi connectivity index (χ2v) is 5.36.